The maximum atomic E-state index is 12.4. The molecule has 0 atom stereocenters. The van der Waals surface area contributed by atoms with Crippen molar-refractivity contribution in [1.29, 1.82) is 0 Å². The quantitative estimate of drug-likeness (QED) is 0.396. The number of rotatable bonds is 6. The van der Waals surface area contributed by atoms with E-state index < -0.39 is 11.9 Å². The van der Waals surface area contributed by atoms with Crippen LogP contribution < -0.4 is 10.6 Å². The predicted molar refractivity (Wildman–Crippen MR) is 128 cm³/mol. The molecule has 0 saturated heterocycles. The van der Waals surface area contributed by atoms with E-state index in [2.05, 4.69) is 20.8 Å². The highest BCUT2D eigenvalue weighted by Gasteiger charge is 2.20. The van der Waals surface area contributed by atoms with Gasteiger partial charge >= 0.3 is 6.03 Å². The Morgan fingerprint density at radius 2 is 1.82 bits per heavy atom. The van der Waals surface area contributed by atoms with Crippen LogP contribution in [-0.2, 0) is 4.79 Å². The Morgan fingerprint density at radius 3 is 2.52 bits per heavy atom. The molecule has 0 unspecified atom stereocenters. The van der Waals surface area contributed by atoms with Crippen molar-refractivity contribution in [3.05, 3.63) is 77.7 Å². The second-order valence-electron chi connectivity index (χ2n) is 7.48. The number of carbonyl (C=O) groups excluding carboxylic acids is 2. The number of hydrogen-bond acceptors (Lipinski definition) is 6. The van der Waals surface area contributed by atoms with E-state index in [0.717, 1.165) is 28.1 Å². The number of nitrogens with one attached hydrogen (secondary N) is 2. The maximum absolute atomic E-state index is 12.4. The molecule has 4 rings (SSSR count). The molecule has 2 heterocycles. The summed E-state index contributed by atoms with van der Waals surface area (Å²) in [6, 6.07) is 16.5. The molecule has 0 radical (unpaired) electrons. The standard InChI is InChI=1S/C24H23N5O3S/c1-15-9-10-20(16(2)13-15)25-23(31)26-21(30)14-33-24-28-27-22(19-11-12-32-17(19)3)29(24)18-7-5-4-6-8-18/h4-13H,14H2,1-3H3,(H2,25,26,30,31). The van der Waals surface area contributed by atoms with E-state index in [1.165, 1.54) is 11.8 Å². The largest absolute Gasteiger partial charge is 0.469 e. The van der Waals surface area contributed by atoms with Crippen molar-refractivity contribution in [3.63, 3.8) is 0 Å². The molecule has 0 aliphatic rings. The summed E-state index contributed by atoms with van der Waals surface area (Å²) in [5.74, 6) is 0.890. The SMILES string of the molecule is Cc1ccc(NC(=O)NC(=O)CSc2nnc(-c3ccoc3C)n2-c2ccccc2)c(C)c1. The van der Waals surface area contributed by atoms with Gasteiger partial charge in [-0.2, -0.15) is 0 Å². The zero-order valence-electron chi connectivity index (χ0n) is 18.5. The normalized spacial score (nSPS) is 10.8. The van der Waals surface area contributed by atoms with Gasteiger partial charge in [0.25, 0.3) is 0 Å². The summed E-state index contributed by atoms with van der Waals surface area (Å²) in [4.78, 5) is 24.7. The maximum Gasteiger partial charge on any atom is 0.325 e. The molecule has 3 amide bonds. The Bertz CT molecular complexity index is 1300. The Hall–Kier alpha value is -3.85. The number of amides is 3. The van der Waals surface area contributed by atoms with Gasteiger partial charge in [-0.3, -0.25) is 14.7 Å². The molecule has 8 nitrogen and oxygen atoms in total. The first-order valence-corrected chi connectivity index (χ1v) is 11.3. The average molecular weight is 462 g/mol. The highest BCUT2D eigenvalue weighted by Crippen LogP contribution is 2.30. The minimum atomic E-state index is -0.577. The molecule has 0 spiro atoms. The lowest BCUT2D eigenvalue weighted by atomic mass is 10.1. The van der Waals surface area contributed by atoms with Gasteiger partial charge in [0.15, 0.2) is 11.0 Å². The topological polar surface area (TPSA) is 102 Å². The molecule has 9 heteroatoms. The van der Waals surface area contributed by atoms with Crippen LogP contribution in [0.3, 0.4) is 0 Å². The van der Waals surface area contributed by atoms with Crippen LogP contribution in [0.2, 0.25) is 0 Å². The number of thioether (sulfide) groups is 1. The summed E-state index contributed by atoms with van der Waals surface area (Å²) >= 11 is 1.19. The highest BCUT2D eigenvalue weighted by atomic mass is 32.2. The first-order chi connectivity index (χ1) is 15.9. The number of anilines is 1. The summed E-state index contributed by atoms with van der Waals surface area (Å²) in [5.41, 5.74) is 4.34. The van der Waals surface area contributed by atoms with Gasteiger partial charge in [0.2, 0.25) is 5.91 Å². The number of aromatic nitrogens is 3. The highest BCUT2D eigenvalue weighted by molar-refractivity contribution is 7.99. The molecule has 2 aromatic carbocycles. The lowest BCUT2D eigenvalue weighted by molar-refractivity contribution is -0.117. The van der Waals surface area contributed by atoms with Crippen LogP contribution in [0.1, 0.15) is 16.9 Å². The van der Waals surface area contributed by atoms with E-state index in [4.69, 9.17) is 4.42 Å². The monoisotopic (exact) mass is 461 g/mol. The van der Waals surface area contributed by atoms with Crippen molar-refractivity contribution in [2.45, 2.75) is 25.9 Å². The number of nitrogens with zero attached hydrogens (tertiary/aromatic N) is 3. The molecule has 0 fully saturated rings. The molecule has 2 aromatic heterocycles. The lowest BCUT2D eigenvalue weighted by Gasteiger charge is -2.11. The Kier molecular flexibility index (Phi) is 6.60. The smallest absolute Gasteiger partial charge is 0.325 e. The van der Waals surface area contributed by atoms with Crippen molar-refractivity contribution >= 4 is 29.4 Å². The predicted octanol–water partition coefficient (Wildman–Crippen LogP) is 4.89. The third-order valence-corrected chi connectivity index (χ3v) is 5.89. The Labute approximate surface area is 195 Å². The molecule has 0 aliphatic heterocycles. The molecule has 0 saturated carbocycles. The Balaban J connectivity index is 1.47. The van der Waals surface area contributed by atoms with Crippen molar-refractivity contribution < 1.29 is 14.0 Å². The van der Waals surface area contributed by atoms with Crippen LogP contribution in [0, 0.1) is 20.8 Å². The fourth-order valence-corrected chi connectivity index (χ4v) is 4.12. The zero-order valence-corrected chi connectivity index (χ0v) is 19.3. The Morgan fingerprint density at radius 1 is 1.03 bits per heavy atom. The van der Waals surface area contributed by atoms with E-state index in [-0.39, 0.29) is 5.75 Å². The van der Waals surface area contributed by atoms with Gasteiger partial charge in [0.1, 0.15) is 5.76 Å². The molecular weight excluding hydrogens is 438 g/mol. The molecular formula is C24H23N5O3S. The molecule has 0 aliphatic carbocycles. The molecule has 4 aromatic rings. The van der Waals surface area contributed by atoms with Gasteiger partial charge in [-0.25, -0.2) is 4.79 Å². The van der Waals surface area contributed by atoms with E-state index >= 15 is 0 Å². The number of imide groups is 1. The third kappa shape index (κ3) is 5.15. The van der Waals surface area contributed by atoms with E-state index in [1.54, 1.807) is 6.26 Å². The fraction of sp³-hybridized carbons (Fsp3) is 0.167. The minimum Gasteiger partial charge on any atom is -0.469 e. The number of benzene rings is 2. The number of furan rings is 1. The van der Waals surface area contributed by atoms with Gasteiger partial charge in [-0.15, -0.1) is 10.2 Å². The second kappa shape index (κ2) is 9.74. The van der Waals surface area contributed by atoms with Gasteiger partial charge in [-0.1, -0.05) is 47.7 Å². The summed E-state index contributed by atoms with van der Waals surface area (Å²) in [5, 5.41) is 14.2. The van der Waals surface area contributed by atoms with E-state index in [0.29, 0.717) is 16.7 Å². The summed E-state index contributed by atoms with van der Waals surface area (Å²) in [6.45, 7) is 5.73. The van der Waals surface area contributed by atoms with Crippen LogP contribution in [-0.4, -0.2) is 32.5 Å². The summed E-state index contributed by atoms with van der Waals surface area (Å²) < 4.78 is 7.29. The van der Waals surface area contributed by atoms with Crippen molar-refractivity contribution in [2.24, 2.45) is 0 Å². The summed E-state index contributed by atoms with van der Waals surface area (Å²) in [7, 11) is 0. The van der Waals surface area contributed by atoms with E-state index in [1.807, 2.05) is 79.9 Å². The van der Waals surface area contributed by atoms with Crippen LogP contribution in [0.5, 0.6) is 0 Å². The van der Waals surface area contributed by atoms with Gasteiger partial charge in [0.05, 0.1) is 17.6 Å². The molecule has 0 bridgehead atoms. The van der Waals surface area contributed by atoms with E-state index in [9.17, 15) is 9.59 Å². The lowest BCUT2D eigenvalue weighted by Crippen LogP contribution is -2.35. The van der Waals surface area contributed by atoms with Crippen molar-refractivity contribution in [3.8, 4) is 17.1 Å². The van der Waals surface area contributed by atoms with Crippen LogP contribution in [0.15, 0.2) is 70.4 Å². The zero-order chi connectivity index (χ0) is 23.4. The molecule has 2 N–H and O–H groups in total. The summed E-state index contributed by atoms with van der Waals surface area (Å²) in [6.07, 6.45) is 1.60. The fourth-order valence-electron chi connectivity index (χ4n) is 3.36. The van der Waals surface area contributed by atoms with Crippen molar-refractivity contribution in [1.82, 2.24) is 20.1 Å². The molecule has 168 valence electrons. The van der Waals surface area contributed by atoms with Gasteiger partial charge in [0, 0.05) is 11.4 Å². The molecule has 33 heavy (non-hydrogen) atoms. The number of para-hydroxylation sites is 1. The average Bonchev–Trinajstić information content (AvgIpc) is 3.40. The van der Waals surface area contributed by atoms with Crippen LogP contribution >= 0.6 is 11.8 Å². The number of aryl methyl sites for hydroxylation is 3. The van der Waals surface area contributed by atoms with Crippen LogP contribution in [0.25, 0.3) is 17.1 Å². The van der Waals surface area contributed by atoms with Gasteiger partial charge < -0.3 is 9.73 Å². The second-order valence-corrected chi connectivity index (χ2v) is 8.42. The third-order valence-electron chi connectivity index (χ3n) is 4.96. The number of urea groups is 1. The number of carbonyl (C=O) groups is 2. The first-order valence-electron chi connectivity index (χ1n) is 10.3. The van der Waals surface area contributed by atoms with Gasteiger partial charge in [-0.05, 0) is 50.6 Å². The van der Waals surface area contributed by atoms with Crippen LogP contribution in [0.4, 0.5) is 10.5 Å². The minimum absolute atomic E-state index is 0.00433. The first kappa shape index (κ1) is 22.3. The number of hydrogen-bond donors (Lipinski definition) is 2. The van der Waals surface area contributed by atoms with Crippen molar-refractivity contribution in [2.75, 3.05) is 11.1 Å².